The number of hydrogen-bond acceptors (Lipinski definition) is 2. The van der Waals surface area contributed by atoms with E-state index in [-0.39, 0.29) is 0 Å². The van der Waals surface area contributed by atoms with Crippen LogP contribution in [-0.4, -0.2) is 24.2 Å². The highest BCUT2D eigenvalue weighted by molar-refractivity contribution is 6.33. The first-order valence-corrected chi connectivity index (χ1v) is 6.87. The number of hydrogen-bond donors (Lipinski definition) is 1. The maximum atomic E-state index is 10.5. The second kappa shape index (κ2) is 6.49. The third-order valence-corrected chi connectivity index (χ3v) is 3.49. The maximum absolute atomic E-state index is 10.5. The summed E-state index contributed by atoms with van der Waals surface area (Å²) in [7, 11) is 0. The van der Waals surface area contributed by atoms with Gasteiger partial charge in [0.2, 0.25) is 0 Å². The van der Waals surface area contributed by atoms with Crippen LogP contribution in [0.15, 0.2) is 24.3 Å². The summed E-state index contributed by atoms with van der Waals surface area (Å²) in [5.41, 5.74) is 1.66. The van der Waals surface area contributed by atoms with E-state index in [0.29, 0.717) is 17.5 Å². The molecule has 3 nitrogen and oxygen atoms in total. The second-order valence-corrected chi connectivity index (χ2v) is 5.32. The molecule has 1 aromatic carbocycles. The highest BCUT2D eigenvalue weighted by Crippen LogP contribution is 2.34. The summed E-state index contributed by atoms with van der Waals surface area (Å²) >= 11 is 6.29. The van der Waals surface area contributed by atoms with E-state index in [4.69, 9.17) is 23.1 Å². The molecular weight excluding hydrogens is 274 g/mol. The Kier molecular flexibility index (Phi) is 4.70. The number of benzene rings is 1. The molecule has 1 aliphatic carbocycles. The molecule has 20 heavy (non-hydrogen) atoms. The molecule has 104 valence electrons. The number of halogens is 1. The van der Waals surface area contributed by atoms with Gasteiger partial charge in [-0.15, -0.1) is 6.42 Å². The van der Waals surface area contributed by atoms with Crippen LogP contribution in [0.25, 0.3) is 6.08 Å². The lowest BCUT2D eigenvalue weighted by Crippen LogP contribution is -2.26. The largest absolute Gasteiger partial charge is 0.478 e. The Morgan fingerprint density at radius 3 is 2.85 bits per heavy atom. The number of carboxylic acid groups (broad SMARTS) is 1. The first-order chi connectivity index (χ1) is 9.60. The quantitative estimate of drug-likeness (QED) is 0.645. The highest BCUT2D eigenvalue weighted by Gasteiger charge is 2.24. The van der Waals surface area contributed by atoms with Gasteiger partial charge in [-0.1, -0.05) is 23.6 Å². The van der Waals surface area contributed by atoms with Crippen LogP contribution < -0.4 is 4.90 Å². The van der Waals surface area contributed by atoms with Gasteiger partial charge in [0, 0.05) is 12.6 Å². The lowest BCUT2D eigenvalue weighted by atomic mass is 10.1. The van der Waals surface area contributed by atoms with E-state index < -0.39 is 5.97 Å². The lowest BCUT2D eigenvalue weighted by molar-refractivity contribution is -0.131. The predicted molar refractivity (Wildman–Crippen MR) is 81.9 cm³/mol. The monoisotopic (exact) mass is 289 g/mol. The molecule has 2 rings (SSSR count). The van der Waals surface area contributed by atoms with Crippen LogP contribution >= 0.6 is 11.6 Å². The van der Waals surface area contributed by atoms with E-state index >= 15 is 0 Å². The van der Waals surface area contributed by atoms with Crippen LogP contribution in [0.3, 0.4) is 0 Å². The van der Waals surface area contributed by atoms with Gasteiger partial charge in [-0.3, -0.25) is 0 Å². The van der Waals surface area contributed by atoms with Crippen LogP contribution in [0.1, 0.15) is 18.4 Å². The van der Waals surface area contributed by atoms with Crippen molar-refractivity contribution in [2.24, 2.45) is 5.92 Å². The third kappa shape index (κ3) is 4.04. The van der Waals surface area contributed by atoms with Crippen molar-refractivity contribution in [1.82, 2.24) is 0 Å². The summed E-state index contributed by atoms with van der Waals surface area (Å²) in [6, 6.07) is 5.49. The predicted octanol–water partition coefficient (Wildman–Crippen LogP) is 3.29. The van der Waals surface area contributed by atoms with Crippen molar-refractivity contribution in [3.63, 3.8) is 0 Å². The van der Waals surface area contributed by atoms with Crippen molar-refractivity contribution >= 4 is 29.3 Å². The van der Waals surface area contributed by atoms with Gasteiger partial charge in [0.1, 0.15) is 0 Å². The van der Waals surface area contributed by atoms with Crippen LogP contribution in [0.2, 0.25) is 5.02 Å². The molecule has 1 aromatic rings. The van der Waals surface area contributed by atoms with Crippen LogP contribution in [-0.2, 0) is 4.79 Å². The van der Waals surface area contributed by atoms with Gasteiger partial charge >= 0.3 is 5.97 Å². The summed E-state index contributed by atoms with van der Waals surface area (Å²) in [6.07, 6.45) is 10.5. The Morgan fingerprint density at radius 1 is 1.55 bits per heavy atom. The van der Waals surface area contributed by atoms with Crippen LogP contribution in [0.4, 0.5) is 5.69 Å². The van der Waals surface area contributed by atoms with Gasteiger partial charge in [0.15, 0.2) is 0 Å². The summed E-state index contributed by atoms with van der Waals surface area (Å²) < 4.78 is 0. The minimum Gasteiger partial charge on any atom is -0.478 e. The van der Waals surface area contributed by atoms with Gasteiger partial charge in [-0.05, 0) is 42.5 Å². The van der Waals surface area contributed by atoms with Gasteiger partial charge in [0.25, 0.3) is 0 Å². The molecular formula is C16H16ClNO2. The standard InChI is InChI=1S/C16H16ClNO2/c1-2-9-18(11-13-3-4-13)15-7-5-12(10-14(15)17)6-8-16(19)20/h1,5-8,10,13H,3-4,9,11H2,(H,19,20)/b8-6+. The number of aliphatic carboxylic acids is 1. The molecule has 0 unspecified atom stereocenters. The zero-order valence-corrected chi connectivity index (χ0v) is 11.8. The minimum absolute atomic E-state index is 0.528. The Labute approximate surface area is 123 Å². The molecule has 1 fully saturated rings. The van der Waals surface area contributed by atoms with E-state index in [1.165, 1.54) is 18.9 Å². The Hall–Kier alpha value is -1.92. The fourth-order valence-electron chi connectivity index (χ4n) is 2.02. The van der Waals surface area contributed by atoms with E-state index in [1.807, 2.05) is 12.1 Å². The zero-order chi connectivity index (χ0) is 14.5. The fraction of sp³-hybridized carbons (Fsp3) is 0.312. The molecule has 0 radical (unpaired) electrons. The molecule has 0 amide bonds. The number of anilines is 1. The van der Waals surface area contributed by atoms with E-state index in [1.54, 1.807) is 6.07 Å². The van der Waals surface area contributed by atoms with Crippen LogP contribution in [0, 0.1) is 18.3 Å². The van der Waals surface area contributed by atoms with E-state index in [9.17, 15) is 4.79 Å². The summed E-state index contributed by atoms with van der Waals surface area (Å²) in [5, 5.41) is 9.20. The molecule has 0 heterocycles. The van der Waals surface area contributed by atoms with Crippen molar-refractivity contribution in [1.29, 1.82) is 0 Å². The van der Waals surface area contributed by atoms with Gasteiger partial charge in [-0.2, -0.15) is 0 Å². The highest BCUT2D eigenvalue weighted by atomic mass is 35.5. The fourth-order valence-corrected chi connectivity index (χ4v) is 2.33. The Balaban J connectivity index is 2.18. The summed E-state index contributed by atoms with van der Waals surface area (Å²) in [4.78, 5) is 12.6. The zero-order valence-electron chi connectivity index (χ0n) is 11.1. The van der Waals surface area contributed by atoms with E-state index in [0.717, 1.165) is 23.9 Å². The summed E-state index contributed by atoms with van der Waals surface area (Å²) in [5.74, 6) is 2.39. The van der Waals surface area contributed by atoms with Crippen molar-refractivity contribution in [3.05, 3.63) is 34.9 Å². The third-order valence-electron chi connectivity index (χ3n) is 3.19. The normalized spacial score (nSPS) is 14.2. The van der Waals surface area contributed by atoms with Crippen LogP contribution in [0.5, 0.6) is 0 Å². The molecule has 1 N–H and O–H groups in total. The van der Waals surface area contributed by atoms with Crippen molar-refractivity contribution in [2.45, 2.75) is 12.8 Å². The van der Waals surface area contributed by atoms with E-state index in [2.05, 4.69) is 10.8 Å². The molecule has 0 aromatic heterocycles. The molecule has 4 heteroatoms. The van der Waals surface area contributed by atoms with Crippen molar-refractivity contribution in [2.75, 3.05) is 18.0 Å². The Bertz CT molecular complexity index is 570. The number of nitrogens with zero attached hydrogens (tertiary/aromatic N) is 1. The molecule has 1 aliphatic rings. The maximum Gasteiger partial charge on any atom is 0.328 e. The van der Waals surface area contributed by atoms with Gasteiger partial charge in [-0.25, -0.2) is 4.79 Å². The van der Waals surface area contributed by atoms with Crippen molar-refractivity contribution < 1.29 is 9.90 Å². The first-order valence-electron chi connectivity index (χ1n) is 6.49. The average Bonchev–Trinajstić information content (AvgIpc) is 3.20. The van der Waals surface area contributed by atoms with Gasteiger partial charge < -0.3 is 10.0 Å². The smallest absolute Gasteiger partial charge is 0.328 e. The number of carbonyl (C=O) groups is 1. The first kappa shape index (κ1) is 14.5. The minimum atomic E-state index is -0.979. The topological polar surface area (TPSA) is 40.5 Å². The van der Waals surface area contributed by atoms with Crippen molar-refractivity contribution in [3.8, 4) is 12.3 Å². The second-order valence-electron chi connectivity index (χ2n) is 4.91. The molecule has 0 bridgehead atoms. The molecule has 0 saturated heterocycles. The molecule has 1 saturated carbocycles. The molecule has 0 aliphatic heterocycles. The Morgan fingerprint density at radius 2 is 2.30 bits per heavy atom. The number of rotatable bonds is 6. The molecule has 0 spiro atoms. The SMILES string of the molecule is C#CCN(CC1CC1)c1ccc(/C=C/C(=O)O)cc1Cl. The summed E-state index contributed by atoms with van der Waals surface area (Å²) in [6.45, 7) is 1.45. The number of carboxylic acids is 1. The number of terminal acetylenes is 1. The lowest BCUT2D eigenvalue weighted by Gasteiger charge is -2.23. The molecule has 0 atom stereocenters. The van der Waals surface area contributed by atoms with Gasteiger partial charge in [0.05, 0.1) is 17.3 Å². The average molecular weight is 290 g/mol.